The van der Waals surface area contributed by atoms with Crippen molar-refractivity contribution in [2.45, 2.75) is 0 Å². The van der Waals surface area contributed by atoms with Crippen LogP contribution >= 0.6 is 0 Å². The third-order valence-electron chi connectivity index (χ3n) is 0. The summed E-state index contributed by atoms with van der Waals surface area (Å²) in [6, 6.07) is 0. The van der Waals surface area contributed by atoms with Crippen LogP contribution in [0.1, 0.15) is 0 Å². The molecule has 0 saturated heterocycles. The molecule has 0 aromatic carbocycles. The first-order valence-corrected chi connectivity index (χ1v) is 7.35. The van der Waals surface area contributed by atoms with E-state index in [1.807, 2.05) is 0 Å². The SMILES string of the molecule is O.O=[Si]([O-])[O-].O=[Si]([O-])[O-].O=[Si]([O-])[O-].O=[Si]([O-])[O-].[Al+3].[Fe+3].[Mg+2]. The van der Waals surface area contributed by atoms with E-state index in [4.69, 9.17) is 56.2 Å². The van der Waals surface area contributed by atoms with Gasteiger partial charge in [0.1, 0.15) is 0 Å². The van der Waals surface area contributed by atoms with Gasteiger partial charge < -0.3 is 61.7 Å². The first kappa shape index (κ1) is 50.0. The van der Waals surface area contributed by atoms with Gasteiger partial charge in [0.05, 0.1) is 0 Å². The van der Waals surface area contributed by atoms with E-state index < -0.39 is 36.7 Å². The van der Waals surface area contributed by atoms with Crippen molar-refractivity contribution in [1.82, 2.24) is 0 Å². The average Bonchev–Trinajstić information content (AvgIpc) is 1.76. The van der Waals surface area contributed by atoms with Crippen molar-refractivity contribution in [2.75, 3.05) is 0 Å². The molecule has 2 N–H and O–H groups in total. The van der Waals surface area contributed by atoms with Crippen LogP contribution in [0.15, 0.2) is 0 Å². The Balaban J connectivity index is -0.0000000150. The Morgan fingerprint density at radius 1 is 0.500 bits per heavy atom. The van der Waals surface area contributed by atoms with Gasteiger partial charge in [0.15, 0.2) is 0 Å². The van der Waals surface area contributed by atoms with Crippen molar-refractivity contribution < 1.29 is 78.8 Å². The quantitative estimate of drug-likeness (QED) is 0.324. The Kier molecular flexibility index (Phi) is 107. The van der Waals surface area contributed by atoms with Gasteiger partial charge in [-0.15, -0.1) is 0 Å². The largest absolute Gasteiger partial charge is 3.00 e. The minimum Gasteiger partial charge on any atom is -0.672 e. The maximum atomic E-state index is 8.52. The summed E-state index contributed by atoms with van der Waals surface area (Å²) in [6.45, 7) is 0. The van der Waals surface area contributed by atoms with Gasteiger partial charge in [-0.1, -0.05) is 0 Å². The molecule has 0 heterocycles. The molecule has 0 saturated carbocycles. The van der Waals surface area contributed by atoms with Gasteiger partial charge in [-0.05, 0) is 0 Å². The predicted molar refractivity (Wildman–Crippen MR) is 40.9 cm³/mol. The van der Waals surface area contributed by atoms with E-state index in [9.17, 15) is 0 Å². The third-order valence-corrected chi connectivity index (χ3v) is 0. The molecule has 0 spiro atoms. The molecule has 0 aromatic heterocycles. The van der Waals surface area contributed by atoms with Gasteiger partial charge in [-0.3, -0.25) is 0 Å². The molecule has 20 heteroatoms. The van der Waals surface area contributed by atoms with E-state index in [2.05, 4.69) is 0 Å². The maximum absolute atomic E-state index is 8.52. The summed E-state index contributed by atoms with van der Waals surface area (Å²) in [5.41, 5.74) is 0. The summed E-state index contributed by atoms with van der Waals surface area (Å²) in [4.78, 5) is 68.1. The van der Waals surface area contributed by atoms with Crippen molar-refractivity contribution in [3.8, 4) is 0 Å². The molecule has 0 amide bonds. The third kappa shape index (κ3) is 89900. The first-order valence-electron chi connectivity index (χ1n) is 2.45. The summed E-state index contributed by atoms with van der Waals surface area (Å²) in [7, 11) is -14.5. The molecule has 0 bridgehead atoms. The molecule has 0 aliphatic rings. The van der Waals surface area contributed by atoms with E-state index >= 15 is 0 Å². The van der Waals surface area contributed by atoms with E-state index in [0.29, 0.717) is 0 Å². The Morgan fingerprint density at radius 3 is 0.500 bits per heavy atom. The zero-order chi connectivity index (χ0) is 14.3. The molecule has 0 unspecified atom stereocenters. The summed E-state index contributed by atoms with van der Waals surface area (Å²) in [5.74, 6) is 0. The van der Waals surface area contributed by atoms with Crippen molar-refractivity contribution in [3.63, 3.8) is 0 Å². The normalized spacial score (nSPS) is 4.80. The monoisotopic (exact) mass is 429 g/mol. The van der Waals surface area contributed by atoms with E-state index in [1.54, 1.807) is 0 Å². The summed E-state index contributed by atoms with van der Waals surface area (Å²) in [5, 5.41) is 0. The molecule has 0 rings (SSSR count). The Bertz CT molecular complexity index is 170. The molecule has 0 atom stereocenters. The molecule has 0 aliphatic carbocycles. The van der Waals surface area contributed by atoms with Crippen LogP contribution in [0, 0.1) is 0 Å². The van der Waals surface area contributed by atoms with Gasteiger partial charge in [0.25, 0.3) is 0 Å². The fraction of sp³-hybridized carbons (Fsp3) is 0. The number of rotatable bonds is 0. The Hall–Kier alpha value is 0.246. The maximum Gasteiger partial charge on any atom is 3.00 e. The number of hydrogen-bond donors (Lipinski definition) is 0. The van der Waals surface area contributed by atoms with Gasteiger partial charge in [-0.25, -0.2) is 0 Å². The van der Waals surface area contributed by atoms with Crippen LogP contribution in [0.25, 0.3) is 0 Å². The summed E-state index contributed by atoms with van der Waals surface area (Å²) in [6.07, 6.45) is 0. The fourth-order valence-corrected chi connectivity index (χ4v) is 0. The van der Waals surface area contributed by atoms with Crippen LogP contribution in [-0.2, 0) is 34.9 Å². The van der Waals surface area contributed by atoms with E-state index in [0.717, 1.165) is 0 Å². The molecule has 109 valence electrons. The predicted octanol–water partition coefficient (Wildman–Crippen LogP) is -13.1. The van der Waals surface area contributed by atoms with Crippen LogP contribution in [-0.4, -0.2) is 82.6 Å². The molecule has 0 aromatic rings. The van der Waals surface area contributed by atoms with Gasteiger partial charge in [0.2, 0.25) is 0 Å². The second-order valence-electron chi connectivity index (χ2n) is 1.00. The summed E-state index contributed by atoms with van der Waals surface area (Å²) < 4.78 is 34.1. The van der Waals surface area contributed by atoms with Crippen LogP contribution in [0.4, 0.5) is 0 Å². The standard InChI is InChI=1S/Al.Fe.Mg.4O3Si.H2O/c;;;4*1-4(2)3;/h;;;;;;;1H2/q2*+3;+2;4*-2;. The van der Waals surface area contributed by atoms with E-state index in [-0.39, 0.29) is 63.0 Å². The van der Waals surface area contributed by atoms with E-state index in [1.165, 1.54) is 0 Å². The smallest absolute Gasteiger partial charge is 0.672 e. The molecule has 0 fully saturated rings. The molecular formula is H2AlFeMgO13Si4. The van der Waals surface area contributed by atoms with Crippen molar-refractivity contribution in [3.05, 3.63) is 0 Å². The average molecular weight is 429 g/mol. The van der Waals surface area contributed by atoms with Crippen LogP contribution < -0.4 is 38.4 Å². The van der Waals surface area contributed by atoms with Gasteiger partial charge in [0, 0.05) is 36.7 Å². The Morgan fingerprint density at radius 2 is 0.500 bits per heavy atom. The fourth-order valence-electron chi connectivity index (χ4n) is 0. The van der Waals surface area contributed by atoms with Crippen molar-refractivity contribution in [2.24, 2.45) is 0 Å². The van der Waals surface area contributed by atoms with Gasteiger partial charge in [-0.2, -0.15) is 0 Å². The first-order chi connectivity index (χ1) is 6.93. The molecule has 1 radical (unpaired) electrons. The minimum absolute atomic E-state index is 0. The molecular weight excluding hydrogens is 427 g/mol. The minimum atomic E-state index is -3.63. The van der Waals surface area contributed by atoms with Crippen LogP contribution in [0.2, 0.25) is 0 Å². The molecule has 13 nitrogen and oxygen atoms in total. The zero-order valence-electron chi connectivity index (χ0n) is 9.04. The molecule has 0 aliphatic heterocycles. The van der Waals surface area contributed by atoms with Gasteiger partial charge >= 0.3 is 57.5 Å². The Labute approximate surface area is 155 Å². The molecule has 20 heavy (non-hydrogen) atoms. The number of hydrogen-bond acceptors (Lipinski definition) is 12. The second-order valence-corrected chi connectivity index (χ2v) is 3.00. The van der Waals surface area contributed by atoms with Crippen LogP contribution in [0.3, 0.4) is 0 Å². The van der Waals surface area contributed by atoms with Crippen molar-refractivity contribution >= 4 is 77.1 Å². The van der Waals surface area contributed by atoms with Crippen molar-refractivity contribution in [1.29, 1.82) is 0 Å². The van der Waals surface area contributed by atoms with Crippen LogP contribution in [0.5, 0.6) is 0 Å². The topological polar surface area (TPSA) is 284 Å². The second kappa shape index (κ2) is 42.7. The zero-order valence-corrected chi connectivity index (χ0v) is 16.7. The summed E-state index contributed by atoms with van der Waals surface area (Å²) >= 11 is 0.